The number of carbonyl (C=O) groups is 1. The summed E-state index contributed by atoms with van der Waals surface area (Å²) in [6.45, 7) is 2.29. The second kappa shape index (κ2) is 8.14. The minimum atomic E-state index is -2.93. The molecule has 9 heteroatoms. The number of alkyl halides is 2. The van der Waals surface area contributed by atoms with Gasteiger partial charge in [-0.1, -0.05) is 17.9 Å². The summed E-state index contributed by atoms with van der Waals surface area (Å²) in [4.78, 5) is 20.9. The van der Waals surface area contributed by atoms with E-state index in [0.717, 1.165) is 5.56 Å². The van der Waals surface area contributed by atoms with Crippen molar-refractivity contribution in [2.75, 3.05) is 17.7 Å². The zero-order chi connectivity index (χ0) is 22.0. The largest absolute Gasteiger partial charge is 0.357 e. The molecule has 4 rings (SSSR count). The smallest absolute Gasteiger partial charge is 0.289 e. The highest BCUT2D eigenvalue weighted by molar-refractivity contribution is 6.04. The summed E-state index contributed by atoms with van der Waals surface area (Å²) in [5.41, 5.74) is 2.39. The van der Waals surface area contributed by atoms with Gasteiger partial charge in [0, 0.05) is 49.6 Å². The molecule has 1 amide bonds. The van der Waals surface area contributed by atoms with Crippen LogP contribution in [0.3, 0.4) is 0 Å². The number of hydrogen-bond acceptors (Lipinski definition) is 5. The van der Waals surface area contributed by atoms with E-state index in [1.54, 1.807) is 37.6 Å². The van der Waals surface area contributed by atoms with E-state index in [9.17, 15) is 13.6 Å². The number of nitrogens with one attached hydrogen (secondary N) is 2. The Hall–Kier alpha value is -3.80. The Kier molecular flexibility index (Phi) is 5.38. The van der Waals surface area contributed by atoms with E-state index >= 15 is 0 Å². The van der Waals surface area contributed by atoms with Gasteiger partial charge in [0.1, 0.15) is 5.69 Å². The molecule has 3 heterocycles. The van der Waals surface area contributed by atoms with Crippen LogP contribution in [0, 0.1) is 18.8 Å². The standard InChI is InChI=1S/C22H20F2N6O/c1-14-4-6-17(10-16(14)7-5-15-12-26-21(25-2)27-13-15)20(31)28-19-11-18-22(23,24)8-3-9-30(18)29-19/h4,6,10-13H,3,8-9H2,1-2H3,(H,25,26,27)(H,28,29,31). The first-order chi connectivity index (χ1) is 14.9. The van der Waals surface area contributed by atoms with Crippen LogP contribution in [-0.2, 0) is 12.5 Å². The van der Waals surface area contributed by atoms with Crippen molar-refractivity contribution in [2.45, 2.75) is 32.2 Å². The van der Waals surface area contributed by atoms with E-state index in [2.05, 4.69) is 37.5 Å². The van der Waals surface area contributed by atoms with Crippen LogP contribution in [0.1, 0.15) is 45.6 Å². The maximum atomic E-state index is 14.0. The van der Waals surface area contributed by atoms with E-state index < -0.39 is 11.8 Å². The molecular weight excluding hydrogens is 402 g/mol. The summed E-state index contributed by atoms with van der Waals surface area (Å²) >= 11 is 0. The topological polar surface area (TPSA) is 84.7 Å². The van der Waals surface area contributed by atoms with Crippen LogP contribution in [0.15, 0.2) is 36.7 Å². The number of carbonyl (C=O) groups excluding carboxylic acids is 1. The van der Waals surface area contributed by atoms with Crippen molar-refractivity contribution in [1.29, 1.82) is 0 Å². The number of rotatable bonds is 3. The average molecular weight is 422 g/mol. The van der Waals surface area contributed by atoms with Crippen molar-refractivity contribution in [1.82, 2.24) is 19.7 Å². The van der Waals surface area contributed by atoms with Gasteiger partial charge in [-0.25, -0.2) is 9.97 Å². The first-order valence-corrected chi connectivity index (χ1v) is 9.76. The van der Waals surface area contributed by atoms with Crippen LogP contribution in [0.4, 0.5) is 20.5 Å². The predicted octanol–water partition coefficient (Wildman–Crippen LogP) is 3.56. The molecule has 1 aliphatic rings. The number of benzene rings is 1. The Morgan fingerprint density at radius 2 is 1.97 bits per heavy atom. The molecule has 0 aliphatic carbocycles. The summed E-state index contributed by atoms with van der Waals surface area (Å²) in [6.07, 6.45) is 3.34. The third kappa shape index (κ3) is 4.38. The van der Waals surface area contributed by atoms with Gasteiger partial charge in [0.25, 0.3) is 11.8 Å². The quantitative estimate of drug-likeness (QED) is 0.631. The molecule has 2 aromatic heterocycles. The monoisotopic (exact) mass is 422 g/mol. The predicted molar refractivity (Wildman–Crippen MR) is 112 cm³/mol. The highest BCUT2D eigenvalue weighted by Crippen LogP contribution is 2.37. The summed E-state index contributed by atoms with van der Waals surface area (Å²) in [6, 6.07) is 6.34. The van der Waals surface area contributed by atoms with E-state index in [4.69, 9.17) is 0 Å². The SMILES string of the molecule is CNc1ncc(C#Cc2cc(C(=O)Nc3cc4n(n3)CCCC4(F)F)ccc2C)cn1. The number of nitrogens with zero attached hydrogens (tertiary/aromatic N) is 4. The average Bonchev–Trinajstić information content (AvgIpc) is 3.17. The van der Waals surface area contributed by atoms with Gasteiger partial charge in [-0.05, 0) is 31.0 Å². The maximum Gasteiger partial charge on any atom is 0.289 e. The Balaban J connectivity index is 1.54. The van der Waals surface area contributed by atoms with Gasteiger partial charge in [0.2, 0.25) is 5.95 Å². The lowest BCUT2D eigenvalue weighted by Crippen LogP contribution is -2.25. The normalized spacial score (nSPS) is 14.2. The summed E-state index contributed by atoms with van der Waals surface area (Å²) in [5.74, 6) is 3.24. The number of aryl methyl sites for hydroxylation is 2. The number of hydrogen-bond donors (Lipinski definition) is 2. The molecule has 3 aromatic rings. The number of fused-ring (bicyclic) bond motifs is 1. The van der Waals surface area contributed by atoms with Crippen LogP contribution in [0.25, 0.3) is 0 Å². The molecule has 0 saturated carbocycles. The van der Waals surface area contributed by atoms with Gasteiger partial charge >= 0.3 is 0 Å². The van der Waals surface area contributed by atoms with Crippen molar-refractivity contribution < 1.29 is 13.6 Å². The second-order valence-electron chi connectivity index (χ2n) is 7.23. The van der Waals surface area contributed by atoms with Crippen molar-refractivity contribution >= 4 is 17.7 Å². The van der Waals surface area contributed by atoms with E-state index in [1.807, 2.05) is 6.92 Å². The van der Waals surface area contributed by atoms with Crippen LogP contribution in [0.2, 0.25) is 0 Å². The molecule has 1 aliphatic heterocycles. The van der Waals surface area contributed by atoms with Gasteiger partial charge < -0.3 is 10.6 Å². The molecule has 0 saturated heterocycles. The molecule has 0 radical (unpaired) electrons. The van der Waals surface area contributed by atoms with Gasteiger partial charge in [-0.3, -0.25) is 9.48 Å². The lowest BCUT2D eigenvalue weighted by atomic mass is 10.0. The van der Waals surface area contributed by atoms with Gasteiger partial charge in [-0.2, -0.15) is 13.9 Å². The van der Waals surface area contributed by atoms with Crippen LogP contribution in [0.5, 0.6) is 0 Å². The fourth-order valence-electron chi connectivity index (χ4n) is 3.27. The number of aromatic nitrogens is 4. The lowest BCUT2D eigenvalue weighted by Gasteiger charge is -2.22. The maximum absolute atomic E-state index is 14.0. The van der Waals surface area contributed by atoms with Gasteiger partial charge in [0.05, 0.1) is 5.56 Å². The Morgan fingerprint density at radius 3 is 2.68 bits per heavy atom. The minimum absolute atomic E-state index is 0.108. The highest BCUT2D eigenvalue weighted by Gasteiger charge is 2.38. The Labute approximate surface area is 177 Å². The van der Waals surface area contributed by atoms with Crippen LogP contribution < -0.4 is 10.6 Å². The molecule has 0 unspecified atom stereocenters. The Bertz CT molecular complexity index is 1190. The van der Waals surface area contributed by atoms with Gasteiger partial charge in [-0.15, -0.1) is 0 Å². The molecule has 0 bridgehead atoms. The fourth-order valence-corrected chi connectivity index (χ4v) is 3.27. The minimum Gasteiger partial charge on any atom is -0.357 e. The molecule has 7 nitrogen and oxygen atoms in total. The molecule has 2 N–H and O–H groups in total. The fraction of sp³-hybridized carbons (Fsp3) is 0.273. The van der Waals surface area contributed by atoms with Crippen LogP contribution in [-0.4, -0.2) is 32.7 Å². The third-order valence-corrected chi connectivity index (χ3v) is 4.97. The lowest BCUT2D eigenvalue weighted by molar-refractivity contribution is -0.0364. The first-order valence-electron chi connectivity index (χ1n) is 9.76. The summed E-state index contributed by atoms with van der Waals surface area (Å²) in [5, 5.41) is 9.54. The molecular formula is C22H20F2N6O. The van der Waals surface area contributed by atoms with E-state index in [1.165, 1.54) is 10.7 Å². The Morgan fingerprint density at radius 1 is 1.19 bits per heavy atom. The molecule has 0 spiro atoms. The summed E-state index contributed by atoms with van der Waals surface area (Å²) in [7, 11) is 1.73. The molecule has 158 valence electrons. The number of anilines is 2. The number of halogens is 2. The van der Waals surface area contributed by atoms with Crippen molar-refractivity contribution in [2.24, 2.45) is 0 Å². The zero-order valence-electron chi connectivity index (χ0n) is 17.0. The van der Waals surface area contributed by atoms with Crippen molar-refractivity contribution in [3.63, 3.8) is 0 Å². The molecule has 0 atom stereocenters. The molecule has 31 heavy (non-hydrogen) atoms. The molecule has 0 fully saturated rings. The number of amides is 1. The zero-order valence-corrected chi connectivity index (χ0v) is 17.0. The highest BCUT2D eigenvalue weighted by atomic mass is 19.3. The van der Waals surface area contributed by atoms with Gasteiger partial charge in [0.15, 0.2) is 5.82 Å². The van der Waals surface area contributed by atoms with Crippen molar-refractivity contribution in [3.05, 3.63) is 64.6 Å². The third-order valence-electron chi connectivity index (χ3n) is 4.97. The summed E-state index contributed by atoms with van der Waals surface area (Å²) < 4.78 is 29.3. The second-order valence-corrected chi connectivity index (χ2v) is 7.23. The molecule has 1 aromatic carbocycles. The van der Waals surface area contributed by atoms with Crippen molar-refractivity contribution in [3.8, 4) is 11.8 Å². The van der Waals surface area contributed by atoms with Crippen LogP contribution >= 0.6 is 0 Å². The van der Waals surface area contributed by atoms with E-state index in [0.29, 0.717) is 35.6 Å². The van der Waals surface area contributed by atoms with E-state index in [-0.39, 0.29) is 17.9 Å². The first kappa shape index (κ1) is 20.5.